The summed E-state index contributed by atoms with van der Waals surface area (Å²) < 4.78 is 0. The van der Waals surface area contributed by atoms with Crippen LogP contribution in [0.2, 0.25) is 0 Å². The lowest BCUT2D eigenvalue weighted by Gasteiger charge is -2.30. The van der Waals surface area contributed by atoms with E-state index in [-0.39, 0.29) is 0 Å². The summed E-state index contributed by atoms with van der Waals surface area (Å²) in [6.07, 6.45) is 0. The fourth-order valence-corrected chi connectivity index (χ4v) is 9.52. The highest BCUT2D eigenvalue weighted by atomic mass is 15.0. The van der Waals surface area contributed by atoms with Gasteiger partial charge in [0.05, 0.1) is 5.41 Å². The highest BCUT2D eigenvalue weighted by Gasteiger charge is 2.50. The van der Waals surface area contributed by atoms with Crippen LogP contribution in [0.4, 0.5) is 0 Å². The van der Waals surface area contributed by atoms with E-state index in [2.05, 4.69) is 176 Å². The summed E-state index contributed by atoms with van der Waals surface area (Å²) in [7, 11) is 0. The van der Waals surface area contributed by atoms with Gasteiger partial charge < -0.3 is 0 Å². The summed E-state index contributed by atoms with van der Waals surface area (Å²) in [4.78, 5) is 15.8. The third kappa shape index (κ3) is 3.80. The van der Waals surface area contributed by atoms with E-state index in [0.717, 1.165) is 38.2 Å². The van der Waals surface area contributed by atoms with Crippen LogP contribution in [0.3, 0.4) is 0 Å². The predicted octanol–water partition coefficient (Wildman–Crippen LogP) is 12.2. The van der Waals surface area contributed by atoms with Gasteiger partial charge in [0, 0.05) is 16.7 Å². The molecule has 3 nitrogen and oxygen atoms in total. The van der Waals surface area contributed by atoms with Crippen molar-refractivity contribution in [2.45, 2.75) is 5.41 Å². The van der Waals surface area contributed by atoms with E-state index in [1.54, 1.807) is 0 Å². The minimum Gasteiger partial charge on any atom is -0.208 e. The molecule has 0 unspecified atom stereocenters. The van der Waals surface area contributed by atoms with Crippen LogP contribution in [-0.2, 0) is 5.41 Å². The van der Waals surface area contributed by atoms with Crippen molar-refractivity contribution in [3.05, 3.63) is 198 Å². The molecule has 0 saturated heterocycles. The number of hydrogen-bond acceptors (Lipinski definition) is 3. The molecule has 0 atom stereocenters. The molecule has 1 heterocycles. The van der Waals surface area contributed by atoms with Gasteiger partial charge in [-0.15, -0.1) is 0 Å². The second kappa shape index (κ2) is 10.5. The molecule has 3 heteroatoms. The van der Waals surface area contributed by atoms with Crippen LogP contribution in [0.15, 0.2) is 176 Å². The summed E-state index contributed by atoms with van der Waals surface area (Å²) in [5, 5.41) is 9.84. The molecule has 2 aliphatic carbocycles. The molecule has 10 aromatic rings. The molecule has 0 radical (unpaired) electrons. The maximum atomic E-state index is 5.27. The van der Waals surface area contributed by atoms with Gasteiger partial charge in [-0.3, -0.25) is 0 Å². The van der Waals surface area contributed by atoms with Gasteiger partial charge in [-0.25, -0.2) is 15.0 Å². The van der Waals surface area contributed by atoms with Crippen molar-refractivity contribution < 1.29 is 0 Å². The third-order valence-corrected chi connectivity index (χ3v) is 11.7. The monoisotopic (exact) mass is 671 g/mol. The summed E-state index contributed by atoms with van der Waals surface area (Å²) in [6.45, 7) is 0. The molecule has 0 saturated carbocycles. The Labute approximate surface area is 305 Å². The van der Waals surface area contributed by atoms with Gasteiger partial charge >= 0.3 is 0 Å². The van der Waals surface area contributed by atoms with Gasteiger partial charge in [-0.2, -0.15) is 0 Å². The van der Waals surface area contributed by atoms with Gasteiger partial charge in [-0.1, -0.05) is 170 Å². The van der Waals surface area contributed by atoms with Crippen LogP contribution in [-0.4, -0.2) is 15.0 Å². The Bertz CT molecular complexity index is 3020. The average Bonchev–Trinajstić information content (AvgIpc) is 3.70. The number of benzene rings is 9. The third-order valence-electron chi connectivity index (χ3n) is 11.7. The molecule has 1 spiro atoms. The van der Waals surface area contributed by atoms with Crippen molar-refractivity contribution in [2.24, 2.45) is 0 Å². The van der Waals surface area contributed by atoms with Crippen LogP contribution in [0.5, 0.6) is 0 Å². The molecule has 0 N–H and O–H groups in total. The first-order chi connectivity index (χ1) is 26.3. The Hall–Kier alpha value is -6.97. The molecule has 0 bridgehead atoms. The van der Waals surface area contributed by atoms with Crippen LogP contribution in [0, 0.1) is 0 Å². The van der Waals surface area contributed by atoms with Gasteiger partial charge in [0.2, 0.25) is 0 Å². The molecule has 12 rings (SSSR count). The summed E-state index contributed by atoms with van der Waals surface area (Å²) in [5.41, 5.74) is 10.4. The molecular formula is C50H29N3. The number of nitrogens with zero attached hydrogens (tertiary/aromatic N) is 3. The SMILES string of the molecule is c1ccc2c(c1)-c1cc(-c3nc(-c4cccc5ccccc45)nc(-c4cccc5ccccc45)n3)ccc1C21c2cccc3ccc4cccc1c4c23. The zero-order valence-electron chi connectivity index (χ0n) is 28.6. The Morgan fingerprint density at radius 2 is 0.755 bits per heavy atom. The zero-order chi connectivity index (χ0) is 34.7. The summed E-state index contributed by atoms with van der Waals surface area (Å²) in [6, 6.07) is 63.6. The van der Waals surface area contributed by atoms with E-state index in [1.165, 1.54) is 54.9 Å². The minimum atomic E-state index is -0.408. The maximum absolute atomic E-state index is 5.27. The van der Waals surface area contributed by atoms with Crippen LogP contribution < -0.4 is 0 Å². The molecule has 0 amide bonds. The number of fused-ring (bicyclic) bond motifs is 9. The van der Waals surface area contributed by atoms with Crippen LogP contribution >= 0.6 is 0 Å². The lowest BCUT2D eigenvalue weighted by molar-refractivity contribution is 0.797. The smallest absolute Gasteiger partial charge is 0.164 e. The summed E-state index contributed by atoms with van der Waals surface area (Å²) in [5.74, 6) is 1.99. The quantitative estimate of drug-likeness (QED) is 0.176. The van der Waals surface area contributed by atoms with E-state index in [4.69, 9.17) is 15.0 Å². The first kappa shape index (κ1) is 28.7. The van der Waals surface area contributed by atoms with Gasteiger partial charge in [0.15, 0.2) is 17.5 Å². The zero-order valence-corrected chi connectivity index (χ0v) is 28.6. The van der Waals surface area contributed by atoms with Crippen molar-refractivity contribution >= 4 is 43.1 Å². The highest BCUT2D eigenvalue weighted by molar-refractivity contribution is 6.17. The lowest BCUT2D eigenvalue weighted by atomic mass is 9.70. The van der Waals surface area contributed by atoms with Crippen LogP contribution in [0.25, 0.3) is 88.4 Å². The maximum Gasteiger partial charge on any atom is 0.164 e. The van der Waals surface area contributed by atoms with Gasteiger partial charge in [0.1, 0.15) is 0 Å². The first-order valence-corrected chi connectivity index (χ1v) is 18.2. The molecule has 9 aromatic carbocycles. The average molecular weight is 672 g/mol. The van der Waals surface area contributed by atoms with Crippen molar-refractivity contribution in [2.75, 3.05) is 0 Å². The standard InChI is InChI=1S/C50H29N3/c1-3-17-35-30(11-1)13-7-20-38(35)48-51-47(52-49(53-48)39-21-8-14-31-12-2-4-18-36(31)39)34-27-28-42-40(29-34)37-19-5-6-22-41(37)50(42)43-23-9-15-32-25-26-33-16-10-24-44(50)46(33)45(32)43/h1-29H. The van der Waals surface area contributed by atoms with Crippen LogP contribution in [0.1, 0.15) is 22.3 Å². The number of rotatable bonds is 3. The lowest BCUT2D eigenvalue weighted by Crippen LogP contribution is -2.26. The van der Waals surface area contributed by atoms with Crippen molar-refractivity contribution in [1.29, 1.82) is 0 Å². The second-order valence-corrected chi connectivity index (χ2v) is 14.3. The molecule has 0 aliphatic heterocycles. The van der Waals surface area contributed by atoms with E-state index in [9.17, 15) is 0 Å². The molecular weight excluding hydrogens is 643 g/mol. The highest BCUT2D eigenvalue weighted by Crippen LogP contribution is 2.62. The van der Waals surface area contributed by atoms with E-state index in [1.807, 2.05) is 0 Å². The largest absolute Gasteiger partial charge is 0.208 e. The first-order valence-electron chi connectivity index (χ1n) is 18.2. The molecule has 53 heavy (non-hydrogen) atoms. The Morgan fingerprint density at radius 1 is 0.302 bits per heavy atom. The predicted molar refractivity (Wildman–Crippen MR) is 217 cm³/mol. The van der Waals surface area contributed by atoms with Crippen molar-refractivity contribution in [1.82, 2.24) is 15.0 Å². The fraction of sp³-hybridized carbons (Fsp3) is 0.0200. The Balaban J connectivity index is 1.13. The number of hydrogen-bond donors (Lipinski definition) is 0. The fourth-order valence-electron chi connectivity index (χ4n) is 9.52. The minimum absolute atomic E-state index is 0.408. The second-order valence-electron chi connectivity index (χ2n) is 14.3. The Morgan fingerprint density at radius 3 is 1.40 bits per heavy atom. The summed E-state index contributed by atoms with van der Waals surface area (Å²) >= 11 is 0. The molecule has 0 fully saturated rings. The van der Waals surface area contributed by atoms with Crippen molar-refractivity contribution in [3.63, 3.8) is 0 Å². The topological polar surface area (TPSA) is 38.7 Å². The van der Waals surface area contributed by atoms with E-state index >= 15 is 0 Å². The van der Waals surface area contributed by atoms with E-state index in [0.29, 0.717) is 17.5 Å². The molecule has 2 aliphatic rings. The molecule has 1 aromatic heterocycles. The van der Waals surface area contributed by atoms with Gasteiger partial charge in [0.25, 0.3) is 0 Å². The normalized spacial score (nSPS) is 13.4. The Kier molecular flexibility index (Phi) is 5.70. The van der Waals surface area contributed by atoms with Crippen molar-refractivity contribution in [3.8, 4) is 45.3 Å². The molecule has 244 valence electrons. The number of aromatic nitrogens is 3. The van der Waals surface area contributed by atoms with Gasteiger partial charge in [-0.05, 0) is 82.5 Å². The van der Waals surface area contributed by atoms with E-state index < -0.39 is 5.41 Å².